The van der Waals surface area contributed by atoms with Gasteiger partial charge in [-0.05, 0) is 24.3 Å². The molecule has 3 unspecified atom stereocenters. The quantitative estimate of drug-likeness (QED) is 0.455. The summed E-state index contributed by atoms with van der Waals surface area (Å²) in [7, 11) is 0. The van der Waals surface area contributed by atoms with E-state index in [1.807, 2.05) is 0 Å². The molecule has 0 aliphatic carbocycles. The molecule has 1 aliphatic heterocycles. The van der Waals surface area contributed by atoms with Crippen LogP contribution in [0.5, 0.6) is 0 Å². The Balaban J connectivity index is 1.51. The van der Waals surface area contributed by atoms with E-state index in [2.05, 4.69) is 21.3 Å². The van der Waals surface area contributed by atoms with Gasteiger partial charge in [0, 0.05) is 0 Å². The molecule has 0 saturated carbocycles. The lowest BCUT2D eigenvalue weighted by molar-refractivity contribution is -0.125. The van der Waals surface area contributed by atoms with Gasteiger partial charge in [0.2, 0.25) is 11.8 Å². The maximum absolute atomic E-state index is 13.7. The molecule has 1 saturated heterocycles. The molecular weight excluding hydrogens is 416 g/mol. The number of amides is 3. The van der Waals surface area contributed by atoms with Gasteiger partial charge in [-0.3, -0.25) is 19.7 Å². The Morgan fingerprint density at radius 2 is 1.73 bits per heavy atom. The smallest absolute Gasteiger partial charge is 0.254 e. The lowest BCUT2D eigenvalue weighted by Crippen LogP contribution is -2.70. The van der Waals surface area contributed by atoms with Crippen molar-refractivity contribution in [3.05, 3.63) is 65.7 Å². The van der Waals surface area contributed by atoms with Crippen molar-refractivity contribution in [3.63, 3.8) is 0 Å². The lowest BCUT2D eigenvalue weighted by Gasteiger charge is -2.35. The Hall–Kier alpha value is -3.02. The number of rotatable bonds is 6. The number of halogens is 2. The summed E-state index contributed by atoms with van der Waals surface area (Å²) < 4.78 is 27.3. The highest BCUT2D eigenvalue weighted by atomic mass is 32.2. The van der Waals surface area contributed by atoms with E-state index in [4.69, 9.17) is 5.73 Å². The van der Waals surface area contributed by atoms with E-state index < -0.39 is 47.1 Å². The number of hydrogen-bond donors (Lipinski definition) is 5. The number of hydrogen-bond acceptors (Lipinski definition) is 6. The highest BCUT2D eigenvalue weighted by Gasteiger charge is 2.35. The number of carbonyl (C=O) groups excluding carboxylic acids is 3. The molecule has 2 aromatic rings. The number of para-hydroxylation sites is 1. The van der Waals surface area contributed by atoms with Gasteiger partial charge in [0.15, 0.2) is 0 Å². The predicted octanol–water partition coefficient (Wildman–Crippen LogP) is 0.723. The van der Waals surface area contributed by atoms with Gasteiger partial charge in [0.1, 0.15) is 23.2 Å². The Kier molecular flexibility index (Phi) is 6.98. The predicted molar refractivity (Wildman–Crippen MR) is 108 cm³/mol. The van der Waals surface area contributed by atoms with Crippen LogP contribution in [0.4, 0.5) is 14.5 Å². The molecule has 30 heavy (non-hydrogen) atoms. The summed E-state index contributed by atoms with van der Waals surface area (Å²) in [6, 6.07) is 9.96. The van der Waals surface area contributed by atoms with E-state index in [0.29, 0.717) is 0 Å². The first kappa shape index (κ1) is 21.7. The van der Waals surface area contributed by atoms with Crippen LogP contribution in [-0.4, -0.2) is 41.2 Å². The van der Waals surface area contributed by atoms with Gasteiger partial charge < -0.3 is 21.7 Å². The summed E-state index contributed by atoms with van der Waals surface area (Å²) in [6.45, 7) is 0. The second-order valence-corrected chi connectivity index (χ2v) is 7.44. The van der Waals surface area contributed by atoms with E-state index in [1.54, 1.807) is 6.07 Å². The Bertz CT molecular complexity index is 961. The number of nitrogens with two attached hydrogens (primary N) is 1. The standard InChI is InChI=1S/C19H19F2N5O3S/c20-11-6-2-1-5-10(11)17(28)24-15-16(22)25-19(26-18(15)29)30-9-14(27)23-13-8-4-3-7-12(13)21/h1-8,15-16,19,25H,9,22H2,(H,23,27)(H,24,28)(H,26,29). The molecule has 0 spiro atoms. The molecule has 11 heteroatoms. The number of anilines is 1. The fourth-order valence-electron chi connectivity index (χ4n) is 2.71. The van der Waals surface area contributed by atoms with E-state index in [1.165, 1.54) is 36.4 Å². The highest BCUT2D eigenvalue weighted by Crippen LogP contribution is 2.15. The van der Waals surface area contributed by atoms with Crippen molar-refractivity contribution in [2.45, 2.75) is 17.7 Å². The summed E-state index contributed by atoms with van der Waals surface area (Å²) in [6.07, 6.45) is -0.971. The van der Waals surface area contributed by atoms with E-state index in [9.17, 15) is 23.2 Å². The maximum atomic E-state index is 13.7. The first-order valence-electron chi connectivity index (χ1n) is 8.88. The molecule has 1 heterocycles. The zero-order chi connectivity index (χ0) is 21.7. The van der Waals surface area contributed by atoms with E-state index in [0.717, 1.165) is 17.8 Å². The number of nitrogens with one attached hydrogen (secondary N) is 4. The van der Waals surface area contributed by atoms with Crippen molar-refractivity contribution in [3.8, 4) is 0 Å². The van der Waals surface area contributed by atoms with Gasteiger partial charge in [0.25, 0.3) is 5.91 Å². The molecule has 0 bridgehead atoms. The Morgan fingerprint density at radius 1 is 1.07 bits per heavy atom. The first-order valence-corrected chi connectivity index (χ1v) is 9.93. The molecule has 6 N–H and O–H groups in total. The third-order valence-electron chi connectivity index (χ3n) is 4.19. The Labute approximate surface area is 175 Å². The van der Waals surface area contributed by atoms with Crippen LogP contribution in [0, 0.1) is 11.6 Å². The van der Waals surface area contributed by atoms with Crippen LogP contribution in [0.15, 0.2) is 48.5 Å². The maximum Gasteiger partial charge on any atom is 0.254 e. The third-order valence-corrected chi connectivity index (χ3v) is 5.21. The highest BCUT2D eigenvalue weighted by molar-refractivity contribution is 8.00. The van der Waals surface area contributed by atoms with Gasteiger partial charge in [0.05, 0.1) is 23.2 Å². The SMILES string of the molecule is NC1NC(SCC(=O)Nc2ccccc2F)NC(=O)C1NC(=O)c1ccccc1F. The number of benzene rings is 2. The molecule has 0 radical (unpaired) electrons. The normalized spacial score (nSPS) is 20.9. The van der Waals surface area contributed by atoms with Crippen molar-refractivity contribution >= 4 is 35.2 Å². The van der Waals surface area contributed by atoms with Crippen LogP contribution < -0.4 is 27.0 Å². The van der Waals surface area contributed by atoms with Gasteiger partial charge >= 0.3 is 0 Å². The fraction of sp³-hybridized carbons (Fsp3) is 0.211. The minimum atomic E-state index is -1.14. The van der Waals surface area contributed by atoms with Crippen LogP contribution in [0.1, 0.15) is 10.4 Å². The van der Waals surface area contributed by atoms with Crippen LogP contribution in [0.3, 0.4) is 0 Å². The molecule has 3 atom stereocenters. The fourth-order valence-corrected chi connectivity index (χ4v) is 3.56. The van der Waals surface area contributed by atoms with Gasteiger partial charge in [-0.1, -0.05) is 24.3 Å². The van der Waals surface area contributed by atoms with E-state index >= 15 is 0 Å². The average molecular weight is 435 g/mol. The summed E-state index contributed by atoms with van der Waals surface area (Å²) in [5.41, 5.74) is 5.07. The minimum Gasteiger partial charge on any atom is -0.338 e. The summed E-state index contributed by atoms with van der Waals surface area (Å²) in [4.78, 5) is 36.6. The second-order valence-electron chi connectivity index (χ2n) is 6.35. The third kappa shape index (κ3) is 5.32. The van der Waals surface area contributed by atoms with Crippen LogP contribution in [-0.2, 0) is 9.59 Å². The molecule has 8 nitrogen and oxygen atoms in total. The molecule has 0 aromatic heterocycles. The zero-order valence-corrected chi connectivity index (χ0v) is 16.3. The molecule has 3 amide bonds. The summed E-state index contributed by atoms with van der Waals surface area (Å²) >= 11 is 1.03. The molecule has 1 fully saturated rings. The van der Waals surface area contributed by atoms with Crippen molar-refractivity contribution in [1.82, 2.24) is 16.0 Å². The monoisotopic (exact) mass is 435 g/mol. The van der Waals surface area contributed by atoms with Crippen molar-refractivity contribution in [1.29, 1.82) is 0 Å². The van der Waals surface area contributed by atoms with Crippen LogP contribution >= 0.6 is 11.8 Å². The number of thioether (sulfide) groups is 1. The van der Waals surface area contributed by atoms with Crippen LogP contribution in [0.25, 0.3) is 0 Å². The van der Waals surface area contributed by atoms with E-state index in [-0.39, 0.29) is 17.0 Å². The van der Waals surface area contributed by atoms with Crippen LogP contribution in [0.2, 0.25) is 0 Å². The molecule has 1 aliphatic rings. The van der Waals surface area contributed by atoms with Crippen molar-refractivity contribution < 1.29 is 23.2 Å². The minimum absolute atomic E-state index is 0.0522. The topological polar surface area (TPSA) is 125 Å². The molecule has 2 aromatic carbocycles. The summed E-state index contributed by atoms with van der Waals surface area (Å²) in [5, 5.41) is 10.2. The van der Waals surface area contributed by atoms with Gasteiger partial charge in [-0.25, -0.2) is 8.78 Å². The first-order chi connectivity index (χ1) is 14.3. The van der Waals surface area contributed by atoms with Crippen molar-refractivity contribution in [2.75, 3.05) is 11.1 Å². The summed E-state index contributed by atoms with van der Waals surface area (Å²) in [5.74, 6) is -3.20. The van der Waals surface area contributed by atoms with Gasteiger partial charge in [-0.2, -0.15) is 0 Å². The molecule has 3 rings (SSSR count). The van der Waals surface area contributed by atoms with Crippen molar-refractivity contribution in [2.24, 2.45) is 5.73 Å². The largest absolute Gasteiger partial charge is 0.338 e. The zero-order valence-electron chi connectivity index (χ0n) is 15.5. The molecule has 158 valence electrons. The second kappa shape index (κ2) is 9.65. The number of carbonyl (C=O) groups is 3. The lowest BCUT2D eigenvalue weighted by atomic mass is 10.1. The Morgan fingerprint density at radius 3 is 2.40 bits per heavy atom. The molecular formula is C19H19F2N5O3S. The average Bonchev–Trinajstić information content (AvgIpc) is 2.71. The van der Waals surface area contributed by atoms with Gasteiger partial charge in [-0.15, -0.1) is 11.8 Å².